The number of pyridine rings is 1. The highest BCUT2D eigenvalue weighted by molar-refractivity contribution is 5.90. The zero-order chi connectivity index (χ0) is 20.7. The predicted molar refractivity (Wildman–Crippen MR) is 116 cm³/mol. The number of aromatic amines is 1. The van der Waals surface area contributed by atoms with Gasteiger partial charge in [-0.15, -0.1) is 0 Å². The third-order valence-electron chi connectivity index (χ3n) is 6.71. The fraction of sp³-hybridized carbons (Fsp3) is 0.545. The molecule has 30 heavy (non-hydrogen) atoms. The molecule has 0 aromatic carbocycles. The van der Waals surface area contributed by atoms with Crippen molar-refractivity contribution in [3.8, 4) is 11.4 Å². The number of piperidine rings is 1. The number of fused-ring (bicyclic) bond motifs is 1. The Morgan fingerprint density at radius 3 is 2.73 bits per heavy atom. The molecule has 0 amide bonds. The molecule has 0 bridgehead atoms. The van der Waals surface area contributed by atoms with E-state index in [0.717, 1.165) is 73.5 Å². The van der Waals surface area contributed by atoms with E-state index in [1.54, 1.807) is 0 Å². The summed E-state index contributed by atoms with van der Waals surface area (Å²) in [6.07, 6.45) is 8.76. The Balaban J connectivity index is 1.41. The van der Waals surface area contributed by atoms with Crippen LogP contribution in [0.5, 0.6) is 0 Å². The van der Waals surface area contributed by atoms with Crippen LogP contribution in [0.15, 0.2) is 24.7 Å². The van der Waals surface area contributed by atoms with Crippen molar-refractivity contribution < 1.29 is 5.11 Å². The molecule has 2 saturated heterocycles. The summed E-state index contributed by atoms with van der Waals surface area (Å²) in [4.78, 5) is 18.8. The first kappa shape index (κ1) is 19.4. The molecule has 2 N–H and O–H groups in total. The number of H-pyrrole nitrogens is 1. The first-order chi connectivity index (χ1) is 14.5. The van der Waals surface area contributed by atoms with Crippen molar-refractivity contribution in [3.63, 3.8) is 0 Å². The normalized spacial score (nSPS) is 20.3. The molecule has 5 rings (SSSR count). The highest BCUT2D eigenvalue weighted by atomic mass is 16.3. The summed E-state index contributed by atoms with van der Waals surface area (Å²) in [5, 5.41) is 17.9. The van der Waals surface area contributed by atoms with Crippen LogP contribution in [-0.4, -0.2) is 74.0 Å². The fourth-order valence-electron chi connectivity index (χ4n) is 5.07. The molecule has 1 atom stereocenters. The van der Waals surface area contributed by atoms with Crippen LogP contribution in [0.3, 0.4) is 0 Å². The number of likely N-dealkylation sites (tertiary alicyclic amines) is 1. The molecule has 2 aliphatic heterocycles. The Labute approximate surface area is 176 Å². The van der Waals surface area contributed by atoms with Crippen molar-refractivity contribution in [1.29, 1.82) is 0 Å². The van der Waals surface area contributed by atoms with Crippen LogP contribution in [0.1, 0.15) is 31.9 Å². The molecule has 1 spiro atoms. The molecule has 8 nitrogen and oxygen atoms in total. The first-order valence-corrected chi connectivity index (χ1v) is 10.8. The van der Waals surface area contributed by atoms with Gasteiger partial charge in [-0.25, -0.2) is 9.97 Å². The Morgan fingerprint density at radius 1 is 1.20 bits per heavy atom. The van der Waals surface area contributed by atoms with E-state index in [4.69, 9.17) is 9.97 Å². The smallest absolute Gasteiger partial charge is 0.165 e. The number of hydrogen-bond donors (Lipinski definition) is 2. The number of β-amino-alcohol motifs (C(OH)–C–C–N with tert-alkyl or cyclic N) is 1. The molecule has 3 aromatic rings. The largest absolute Gasteiger partial charge is 0.392 e. The maximum absolute atomic E-state index is 9.74. The van der Waals surface area contributed by atoms with Crippen LogP contribution in [0.4, 0.5) is 5.82 Å². The van der Waals surface area contributed by atoms with E-state index in [1.165, 1.54) is 6.42 Å². The van der Waals surface area contributed by atoms with E-state index in [0.29, 0.717) is 11.2 Å². The Morgan fingerprint density at radius 2 is 2.00 bits per heavy atom. The van der Waals surface area contributed by atoms with Gasteiger partial charge in [0.25, 0.3) is 0 Å². The monoisotopic (exact) mass is 407 g/mol. The van der Waals surface area contributed by atoms with Crippen LogP contribution < -0.4 is 4.90 Å². The molecular weight excluding hydrogens is 378 g/mol. The van der Waals surface area contributed by atoms with Gasteiger partial charge in [0.05, 0.1) is 29.1 Å². The fourth-order valence-corrected chi connectivity index (χ4v) is 5.07. The van der Waals surface area contributed by atoms with Crippen LogP contribution >= 0.6 is 0 Å². The summed E-state index contributed by atoms with van der Waals surface area (Å²) in [7, 11) is 0. The van der Waals surface area contributed by atoms with Crippen molar-refractivity contribution in [2.75, 3.05) is 37.6 Å². The van der Waals surface area contributed by atoms with Gasteiger partial charge < -0.3 is 14.9 Å². The van der Waals surface area contributed by atoms with Gasteiger partial charge in [0, 0.05) is 44.0 Å². The Kier molecular flexibility index (Phi) is 4.91. The summed E-state index contributed by atoms with van der Waals surface area (Å²) in [6.45, 7) is 8.79. The van der Waals surface area contributed by atoms with Crippen molar-refractivity contribution in [3.05, 3.63) is 30.4 Å². The lowest BCUT2D eigenvalue weighted by Crippen LogP contribution is -2.42. The Bertz CT molecular complexity index is 1040. The number of rotatable bonds is 4. The van der Waals surface area contributed by atoms with E-state index in [1.807, 2.05) is 38.5 Å². The van der Waals surface area contributed by atoms with Gasteiger partial charge in [0.2, 0.25) is 0 Å². The number of hydrogen-bond acceptors (Lipinski definition) is 7. The lowest BCUT2D eigenvalue weighted by atomic mass is 9.77. The molecule has 2 aliphatic rings. The molecule has 0 aliphatic carbocycles. The Hall–Kier alpha value is -2.58. The van der Waals surface area contributed by atoms with Crippen molar-refractivity contribution in [2.24, 2.45) is 5.41 Å². The number of aromatic nitrogens is 5. The van der Waals surface area contributed by atoms with Gasteiger partial charge >= 0.3 is 0 Å². The zero-order valence-electron chi connectivity index (χ0n) is 17.7. The van der Waals surface area contributed by atoms with Crippen LogP contribution in [0.2, 0.25) is 0 Å². The molecule has 158 valence electrons. The standard InChI is InChI=1S/C22H29N7O/c1-15(30)13-28-8-4-22(14-28)5-9-29(10-6-22)21-17-3-7-23-12-19(17)25-20(26-21)18-11-24-27-16(18)2/h3,7,11-12,15,30H,4-6,8-10,13-14H2,1-2H3,(H,24,27)/t15-/m1/s1. The first-order valence-electron chi connectivity index (χ1n) is 10.8. The molecule has 5 heterocycles. The molecular formula is C22H29N7O. The summed E-state index contributed by atoms with van der Waals surface area (Å²) in [6, 6.07) is 2.01. The summed E-state index contributed by atoms with van der Waals surface area (Å²) < 4.78 is 0. The average Bonchev–Trinajstić information content (AvgIpc) is 3.34. The number of nitrogens with one attached hydrogen (secondary N) is 1. The average molecular weight is 408 g/mol. The minimum atomic E-state index is -0.258. The summed E-state index contributed by atoms with van der Waals surface area (Å²) in [5.74, 6) is 1.69. The number of nitrogens with zero attached hydrogens (tertiary/aromatic N) is 6. The maximum atomic E-state index is 9.74. The van der Waals surface area contributed by atoms with Crippen LogP contribution in [0.25, 0.3) is 22.3 Å². The third-order valence-corrected chi connectivity index (χ3v) is 6.71. The van der Waals surface area contributed by atoms with E-state index in [-0.39, 0.29) is 6.10 Å². The highest BCUT2D eigenvalue weighted by Crippen LogP contribution is 2.42. The molecule has 0 radical (unpaired) electrons. The summed E-state index contributed by atoms with van der Waals surface area (Å²) >= 11 is 0. The molecule has 0 saturated carbocycles. The lowest BCUT2D eigenvalue weighted by Gasteiger charge is -2.40. The van der Waals surface area contributed by atoms with E-state index in [9.17, 15) is 5.11 Å². The number of aliphatic hydroxyl groups excluding tert-OH is 1. The second-order valence-electron chi connectivity index (χ2n) is 8.97. The van der Waals surface area contributed by atoms with Gasteiger partial charge in [0.15, 0.2) is 5.82 Å². The number of aryl methyl sites for hydroxylation is 1. The highest BCUT2D eigenvalue weighted by Gasteiger charge is 2.41. The van der Waals surface area contributed by atoms with Gasteiger partial charge in [0.1, 0.15) is 5.82 Å². The van der Waals surface area contributed by atoms with Gasteiger partial charge in [-0.3, -0.25) is 10.1 Å². The second kappa shape index (κ2) is 7.59. The molecule has 8 heteroatoms. The SMILES string of the molecule is Cc1n[nH]cc1-c1nc(N2CCC3(CCN(C[C@@H](C)O)C3)CC2)c2ccncc2n1. The minimum Gasteiger partial charge on any atom is -0.392 e. The zero-order valence-corrected chi connectivity index (χ0v) is 17.7. The van der Waals surface area contributed by atoms with Crippen molar-refractivity contribution >= 4 is 16.7 Å². The van der Waals surface area contributed by atoms with Gasteiger partial charge in [-0.05, 0) is 51.1 Å². The van der Waals surface area contributed by atoms with E-state index in [2.05, 4.69) is 25.0 Å². The quantitative estimate of drug-likeness (QED) is 0.686. The predicted octanol–water partition coefficient (Wildman–Crippen LogP) is 2.40. The summed E-state index contributed by atoms with van der Waals surface area (Å²) in [5.41, 5.74) is 3.06. The van der Waals surface area contributed by atoms with Crippen LogP contribution in [0, 0.1) is 12.3 Å². The second-order valence-corrected chi connectivity index (χ2v) is 8.97. The molecule has 3 aromatic heterocycles. The maximum Gasteiger partial charge on any atom is 0.165 e. The van der Waals surface area contributed by atoms with E-state index >= 15 is 0 Å². The van der Waals surface area contributed by atoms with E-state index < -0.39 is 0 Å². The molecule has 2 fully saturated rings. The van der Waals surface area contributed by atoms with Crippen molar-refractivity contribution in [1.82, 2.24) is 30.0 Å². The third kappa shape index (κ3) is 3.54. The minimum absolute atomic E-state index is 0.258. The lowest BCUT2D eigenvalue weighted by molar-refractivity contribution is 0.127. The molecule has 0 unspecified atom stereocenters. The van der Waals surface area contributed by atoms with Crippen molar-refractivity contribution in [2.45, 2.75) is 39.2 Å². The number of aliphatic hydroxyl groups is 1. The topological polar surface area (TPSA) is 94.1 Å². The van der Waals surface area contributed by atoms with Gasteiger partial charge in [-0.2, -0.15) is 5.10 Å². The number of anilines is 1. The van der Waals surface area contributed by atoms with Gasteiger partial charge in [-0.1, -0.05) is 0 Å². The van der Waals surface area contributed by atoms with Crippen LogP contribution in [-0.2, 0) is 0 Å².